The van der Waals surface area contributed by atoms with Crippen LogP contribution in [0.1, 0.15) is 10.4 Å². The van der Waals surface area contributed by atoms with E-state index in [2.05, 4.69) is 15.3 Å². The zero-order chi connectivity index (χ0) is 18.1. The van der Waals surface area contributed by atoms with Crippen LogP contribution in [0.2, 0.25) is 0 Å². The third-order valence-electron chi connectivity index (χ3n) is 3.67. The van der Waals surface area contributed by atoms with Crippen LogP contribution in [0, 0.1) is 10.1 Å². The standard InChI is InChI=1S/C17H10N4O3S2/c22-16(11-4-5-13-15(7-11)26-9-18-13)20-17-19-14(8-25-17)10-2-1-3-12(6-10)21(23)24/h1-9H,(H,19,20,22). The summed E-state index contributed by atoms with van der Waals surface area (Å²) in [5.74, 6) is -0.264. The van der Waals surface area contributed by atoms with E-state index in [4.69, 9.17) is 0 Å². The maximum Gasteiger partial charge on any atom is 0.270 e. The van der Waals surface area contributed by atoms with E-state index in [1.807, 2.05) is 0 Å². The molecule has 0 aliphatic carbocycles. The lowest BCUT2D eigenvalue weighted by Crippen LogP contribution is -2.11. The molecular formula is C17H10N4O3S2. The van der Waals surface area contributed by atoms with E-state index in [1.165, 1.54) is 34.8 Å². The molecule has 0 fully saturated rings. The van der Waals surface area contributed by atoms with Crippen LogP contribution < -0.4 is 5.32 Å². The van der Waals surface area contributed by atoms with Gasteiger partial charge in [0.15, 0.2) is 5.13 Å². The van der Waals surface area contributed by atoms with Crippen LogP contribution in [0.3, 0.4) is 0 Å². The summed E-state index contributed by atoms with van der Waals surface area (Å²) in [4.78, 5) is 31.4. The van der Waals surface area contributed by atoms with Gasteiger partial charge in [0, 0.05) is 28.6 Å². The molecule has 0 atom stereocenters. The third-order valence-corrected chi connectivity index (χ3v) is 5.22. The topological polar surface area (TPSA) is 98.0 Å². The van der Waals surface area contributed by atoms with Gasteiger partial charge in [-0.25, -0.2) is 9.97 Å². The summed E-state index contributed by atoms with van der Waals surface area (Å²) in [5, 5.41) is 15.8. The number of benzene rings is 2. The molecule has 128 valence electrons. The normalized spacial score (nSPS) is 10.8. The molecule has 0 aliphatic heterocycles. The van der Waals surface area contributed by atoms with Gasteiger partial charge in [0.2, 0.25) is 0 Å². The molecule has 9 heteroatoms. The van der Waals surface area contributed by atoms with Crippen molar-refractivity contribution in [2.45, 2.75) is 0 Å². The van der Waals surface area contributed by atoms with Crippen molar-refractivity contribution in [2.75, 3.05) is 5.32 Å². The molecule has 2 aromatic heterocycles. The number of anilines is 1. The lowest BCUT2D eigenvalue weighted by Gasteiger charge is -2.01. The van der Waals surface area contributed by atoms with Gasteiger partial charge < -0.3 is 0 Å². The Hall–Kier alpha value is -3.17. The summed E-state index contributed by atoms with van der Waals surface area (Å²) >= 11 is 2.74. The second kappa shape index (κ2) is 6.62. The molecule has 0 saturated carbocycles. The van der Waals surface area contributed by atoms with Crippen LogP contribution in [0.15, 0.2) is 53.4 Å². The quantitative estimate of drug-likeness (QED) is 0.411. The largest absolute Gasteiger partial charge is 0.298 e. The number of fused-ring (bicyclic) bond motifs is 1. The van der Waals surface area contributed by atoms with E-state index < -0.39 is 4.92 Å². The van der Waals surface area contributed by atoms with E-state index in [0.717, 1.165) is 10.2 Å². The molecule has 0 bridgehead atoms. The SMILES string of the molecule is O=C(Nc1nc(-c2cccc([N+](=O)[O-])c2)cs1)c1ccc2ncsc2c1. The third kappa shape index (κ3) is 3.17. The fourth-order valence-electron chi connectivity index (χ4n) is 2.41. The predicted molar refractivity (Wildman–Crippen MR) is 102 cm³/mol. The Morgan fingerprint density at radius 3 is 2.88 bits per heavy atom. The van der Waals surface area contributed by atoms with Crippen LogP contribution in [-0.4, -0.2) is 20.8 Å². The van der Waals surface area contributed by atoms with Gasteiger partial charge in [0.05, 0.1) is 26.3 Å². The maximum atomic E-state index is 12.4. The highest BCUT2D eigenvalue weighted by atomic mass is 32.1. The minimum Gasteiger partial charge on any atom is -0.298 e. The molecule has 0 spiro atoms. The number of hydrogen-bond donors (Lipinski definition) is 1. The van der Waals surface area contributed by atoms with Crippen LogP contribution in [0.5, 0.6) is 0 Å². The van der Waals surface area contributed by atoms with E-state index in [1.54, 1.807) is 41.2 Å². The number of nitro benzene ring substituents is 1. The first-order valence-electron chi connectivity index (χ1n) is 7.45. The first-order valence-corrected chi connectivity index (χ1v) is 9.21. The van der Waals surface area contributed by atoms with E-state index in [-0.39, 0.29) is 11.6 Å². The van der Waals surface area contributed by atoms with Crippen molar-refractivity contribution >= 4 is 49.6 Å². The van der Waals surface area contributed by atoms with Crippen molar-refractivity contribution in [3.8, 4) is 11.3 Å². The monoisotopic (exact) mass is 382 g/mol. The molecule has 7 nitrogen and oxygen atoms in total. The minimum absolute atomic E-state index is 0.000976. The van der Waals surface area contributed by atoms with Gasteiger partial charge in [-0.1, -0.05) is 12.1 Å². The number of nitrogens with zero attached hydrogens (tertiary/aromatic N) is 3. The molecule has 0 radical (unpaired) electrons. The maximum absolute atomic E-state index is 12.4. The zero-order valence-corrected chi connectivity index (χ0v) is 14.7. The Balaban J connectivity index is 1.55. The molecule has 4 rings (SSSR count). The van der Waals surface area contributed by atoms with E-state index in [9.17, 15) is 14.9 Å². The zero-order valence-electron chi connectivity index (χ0n) is 13.1. The van der Waals surface area contributed by atoms with Gasteiger partial charge in [-0.2, -0.15) is 0 Å². The van der Waals surface area contributed by atoms with Crippen molar-refractivity contribution in [1.82, 2.24) is 9.97 Å². The van der Waals surface area contributed by atoms with Gasteiger partial charge >= 0.3 is 0 Å². The average Bonchev–Trinajstić information content (AvgIpc) is 3.30. The number of hydrogen-bond acceptors (Lipinski definition) is 7. The van der Waals surface area contributed by atoms with Gasteiger partial charge in [-0.15, -0.1) is 22.7 Å². The number of carbonyl (C=O) groups excluding carboxylic acids is 1. The Bertz CT molecular complexity index is 1140. The molecule has 2 aromatic carbocycles. The fourth-order valence-corrected chi connectivity index (χ4v) is 3.84. The molecular weight excluding hydrogens is 372 g/mol. The number of aromatic nitrogens is 2. The summed E-state index contributed by atoms with van der Waals surface area (Å²) in [7, 11) is 0. The molecule has 1 amide bonds. The van der Waals surface area contributed by atoms with Crippen LogP contribution in [0.25, 0.3) is 21.5 Å². The summed E-state index contributed by atoms with van der Waals surface area (Å²) in [6.07, 6.45) is 0. The number of carbonyl (C=O) groups is 1. The lowest BCUT2D eigenvalue weighted by atomic mass is 10.1. The van der Waals surface area contributed by atoms with E-state index in [0.29, 0.717) is 22.0 Å². The first-order chi connectivity index (χ1) is 12.6. The summed E-state index contributed by atoms with van der Waals surface area (Å²) < 4.78 is 0.939. The summed E-state index contributed by atoms with van der Waals surface area (Å²) in [6.45, 7) is 0. The highest BCUT2D eigenvalue weighted by Gasteiger charge is 2.13. The predicted octanol–water partition coefficient (Wildman–Crippen LogP) is 4.58. The number of non-ortho nitro benzene ring substituents is 1. The summed E-state index contributed by atoms with van der Waals surface area (Å²) in [5.41, 5.74) is 4.31. The minimum atomic E-state index is -0.450. The van der Waals surface area contributed by atoms with Crippen molar-refractivity contribution < 1.29 is 9.72 Å². The van der Waals surface area contributed by atoms with Gasteiger partial charge in [0.1, 0.15) is 0 Å². The fraction of sp³-hybridized carbons (Fsp3) is 0. The number of thiazole rings is 2. The molecule has 4 aromatic rings. The molecule has 26 heavy (non-hydrogen) atoms. The van der Waals surface area contributed by atoms with Crippen LogP contribution in [-0.2, 0) is 0 Å². The van der Waals surface area contributed by atoms with Gasteiger partial charge in [-0.05, 0) is 18.2 Å². The van der Waals surface area contributed by atoms with Crippen molar-refractivity contribution in [2.24, 2.45) is 0 Å². The van der Waals surface area contributed by atoms with Gasteiger partial charge in [0.25, 0.3) is 11.6 Å². The number of rotatable bonds is 4. The second-order valence-corrected chi connectivity index (χ2v) is 7.08. The average molecular weight is 382 g/mol. The van der Waals surface area contributed by atoms with Gasteiger partial charge in [-0.3, -0.25) is 20.2 Å². The molecule has 2 heterocycles. The van der Waals surface area contributed by atoms with Crippen LogP contribution >= 0.6 is 22.7 Å². The Morgan fingerprint density at radius 1 is 1.15 bits per heavy atom. The van der Waals surface area contributed by atoms with Crippen molar-refractivity contribution in [3.63, 3.8) is 0 Å². The Kier molecular flexibility index (Phi) is 4.15. The number of nitro groups is 1. The smallest absolute Gasteiger partial charge is 0.270 e. The number of nitrogens with one attached hydrogen (secondary N) is 1. The molecule has 0 aliphatic rings. The van der Waals surface area contributed by atoms with Crippen LogP contribution in [0.4, 0.5) is 10.8 Å². The highest BCUT2D eigenvalue weighted by Crippen LogP contribution is 2.28. The summed E-state index contributed by atoms with van der Waals surface area (Å²) in [6, 6.07) is 11.5. The Morgan fingerprint density at radius 2 is 2.04 bits per heavy atom. The van der Waals surface area contributed by atoms with Crippen molar-refractivity contribution in [3.05, 3.63) is 69.0 Å². The molecule has 0 saturated heterocycles. The molecule has 1 N–H and O–H groups in total. The second-order valence-electron chi connectivity index (χ2n) is 5.33. The Labute approximate surface area is 155 Å². The number of amides is 1. The highest BCUT2D eigenvalue weighted by molar-refractivity contribution is 7.16. The first kappa shape index (κ1) is 16.3. The molecule has 0 unspecified atom stereocenters. The van der Waals surface area contributed by atoms with Crippen molar-refractivity contribution in [1.29, 1.82) is 0 Å². The van der Waals surface area contributed by atoms with E-state index >= 15 is 0 Å². The lowest BCUT2D eigenvalue weighted by molar-refractivity contribution is -0.384.